The summed E-state index contributed by atoms with van der Waals surface area (Å²) in [7, 11) is 5.77. The molecule has 0 aliphatic rings. The van der Waals surface area contributed by atoms with E-state index < -0.39 is 22.1 Å². The number of hydrogen-bond acceptors (Lipinski definition) is 8. The minimum atomic E-state index is -1.31. The first-order valence-electron chi connectivity index (χ1n) is 16.6. The third-order valence-electron chi connectivity index (χ3n) is 8.17. The van der Waals surface area contributed by atoms with Gasteiger partial charge in [-0.3, -0.25) is 4.98 Å². The molecule has 0 saturated heterocycles. The number of hydrogen-bond donors (Lipinski definition) is 0. The van der Waals surface area contributed by atoms with Crippen LogP contribution in [-0.2, 0) is 14.2 Å². The maximum absolute atomic E-state index is 12.2. The molecule has 0 aliphatic carbocycles. The van der Waals surface area contributed by atoms with Gasteiger partial charge in [0, 0.05) is 52.2 Å². The number of anilines is 1. The molecule has 0 spiro atoms. The zero-order valence-electron chi connectivity index (χ0n) is 29.7. The fraction of sp³-hybridized carbons (Fsp3) is 0.351. The van der Waals surface area contributed by atoms with Crippen LogP contribution in [0.1, 0.15) is 10.4 Å². The van der Waals surface area contributed by atoms with Crippen molar-refractivity contribution in [2.24, 2.45) is 0 Å². The lowest BCUT2D eigenvalue weighted by atomic mass is 9.90. The molecule has 2 radical (unpaired) electrons. The van der Waals surface area contributed by atoms with Crippen LogP contribution in [0.15, 0.2) is 79.1 Å². The molecule has 0 saturated carbocycles. The number of nitrogens with zero attached hydrogens (tertiary/aromatic N) is 5. The molecule has 0 fully saturated rings. The van der Waals surface area contributed by atoms with E-state index in [9.17, 15) is 4.79 Å². The minimum Gasteiger partial charge on any atom is -0.465 e. The molecule has 0 atom stereocenters. The number of benzene rings is 2. The summed E-state index contributed by atoms with van der Waals surface area (Å²) in [5.41, 5.74) is 6.37. The van der Waals surface area contributed by atoms with E-state index in [1.54, 1.807) is 22.8 Å². The first-order valence-corrected chi connectivity index (χ1v) is 24.0. The van der Waals surface area contributed by atoms with E-state index in [4.69, 9.17) is 37.1 Å². The van der Waals surface area contributed by atoms with Gasteiger partial charge in [-0.2, -0.15) is 9.61 Å². The molecule has 254 valence electrons. The Morgan fingerprint density at radius 1 is 0.796 bits per heavy atom. The number of aromatic nitrogens is 4. The van der Waals surface area contributed by atoms with Crippen LogP contribution in [0.4, 0.5) is 5.82 Å². The summed E-state index contributed by atoms with van der Waals surface area (Å²) in [6.45, 7) is 15.8. The van der Waals surface area contributed by atoms with Gasteiger partial charge in [0.1, 0.15) is 27.1 Å². The summed E-state index contributed by atoms with van der Waals surface area (Å²) in [5.74, 6) is 0.212. The lowest BCUT2D eigenvalue weighted by Crippen LogP contribution is -2.37. The van der Waals surface area contributed by atoms with Crippen molar-refractivity contribution >= 4 is 46.9 Å². The van der Waals surface area contributed by atoms with E-state index in [1.165, 1.54) is 7.11 Å². The van der Waals surface area contributed by atoms with E-state index >= 15 is 0 Å². The van der Waals surface area contributed by atoms with E-state index in [0.717, 1.165) is 40.0 Å². The Hall–Kier alpha value is -4.10. The third kappa shape index (κ3) is 9.33. The molecule has 5 aromatic rings. The average molecular weight is 692 g/mol. The number of ether oxygens (including phenoxy) is 3. The summed E-state index contributed by atoms with van der Waals surface area (Å²) < 4.78 is 19.3. The van der Waals surface area contributed by atoms with Crippen molar-refractivity contribution < 1.29 is 19.0 Å². The number of esters is 1. The lowest BCUT2D eigenvalue weighted by molar-refractivity contribution is 0.0600. The number of fused-ring (bicyclic) bond motifs is 1. The highest BCUT2D eigenvalue weighted by Gasteiger charge is 2.23. The molecule has 9 nitrogen and oxygen atoms in total. The first-order chi connectivity index (χ1) is 23.3. The molecule has 2 aromatic carbocycles. The van der Waals surface area contributed by atoms with Gasteiger partial charge in [0.05, 0.1) is 30.3 Å². The maximum Gasteiger partial charge on any atom is 0.337 e. The van der Waals surface area contributed by atoms with Crippen molar-refractivity contribution in [2.45, 2.75) is 51.4 Å². The number of methoxy groups -OCH3 is 1. The van der Waals surface area contributed by atoms with Gasteiger partial charge < -0.3 is 19.1 Å². The fourth-order valence-corrected chi connectivity index (χ4v) is 6.71. The highest BCUT2D eigenvalue weighted by Crippen LogP contribution is 2.30. The molecule has 0 bridgehead atoms. The fourth-order valence-electron chi connectivity index (χ4n) is 5.20. The summed E-state index contributed by atoms with van der Waals surface area (Å²) in [6.07, 6.45) is 3.64. The third-order valence-corrected chi connectivity index (χ3v) is 11.6. The van der Waals surface area contributed by atoms with Gasteiger partial charge in [0.2, 0.25) is 0 Å². The zero-order chi connectivity index (χ0) is 35.2. The topological polar surface area (TPSA) is 91.1 Å². The Bertz CT molecular complexity index is 1830. The number of rotatable bonds is 15. The van der Waals surface area contributed by atoms with E-state index in [-0.39, 0.29) is 13.5 Å². The minimum absolute atomic E-state index is 0.268. The van der Waals surface area contributed by atoms with Crippen LogP contribution in [0.25, 0.3) is 39.3 Å². The molecule has 0 N–H and O–H groups in total. The second-order valence-electron chi connectivity index (χ2n) is 14.6. The van der Waals surface area contributed by atoms with Crippen LogP contribution in [0.5, 0.6) is 0 Å². The monoisotopic (exact) mass is 691 g/mol. The highest BCUT2D eigenvalue weighted by atomic mass is 28.3. The zero-order valence-corrected chi connectivity index (χ0v) is 31.7. The Kier molecular flexibility index (Phi) is 11.5. The molecule has 0 aliphatic heterocycles. The Morgan fingerprint density at radius 2 is 1.41 bits per heavy atom. The van der Waals surface area contributed by atoms with Gasteiger partial charge in [-0.1, -0.05) is 87.8 Å². The quantitative estimate of drug-likeness (QED) is 0.0496. The van der Waals surface area contributed by atoms with E-state index in [0.29, 0.717) is 41.4 Å². The van der Waals surface area contributed by atoms with Gasteiger partial charge in [0.15, 0.2) is 5.65 Å². The normalized spacial score (nSPS) is 12.0. The lowest BCUT2D eigenvalue weighted by Gasteiger charge is -2.28. The standard InChI is InChI=1S/C37H46BN5O4Si2/c1-45-37(44)29-15-13-28(14-16-29)34-33(38)36(42(25-46-19-21-48(2,3)4)26-47-20-22-49(5,6)7)43-35(41-34)31(24-40-43)30-17-18-32(39-23-30)27-11-9-8-10-12-27/h8-18,23-24H,19-22,25-26H2,1-7H3. The highest BCUT2D eigenvalue weighted by molar-refractivity contribution is 6.76. The Balaban J connectivity index is 1.60. The second-order valence-corrected chi connectivity index (χ2v) is 25.8. The first kappa shape index (κ1) is 36.2. The average Bonchev–Trinajstić information content (AvgIpc) is 3.50. The smallest absolute Gasteiger partial charge is 0.337 e. The van der Waals surface area contributed by atoms with Gasteiger partial charge in [-0.05, 0) is 41.3 Å². The summed E-state index contributed by atoms with van der Waals surface area (Å²) in [5, 5.41) is 4.82. The van der Waals surface area contributed by atoms with Crippen LogP contribution >= 0.6 is 0 Å². The van der Waals surface area contributed by atoms with Crippen LogP contribution in [-0.4, -0.2) is 83.3 Å². The Morgan fingerprint density at radius 3 is 1.96 bits per heavy atom. The number of carbonyl (C=O) groups is 1. The van der Waals surface area contributed by atoms with Crippen LogP contribution in [0.3, 0.4) is 0 Å². The van der Waals surface area contributed by atoms with Gasteiger partial charge in [-0.15, -0.1) is 0 Å². The molecule has 5 rings (SSSR count). The predicted molar refractivity (Wildman–Crippen MR) is 204 cm³/mol. The molecule has 49 heavy (non-hydrogen) atoms. The summed E-state index contributed by atoms with van der Waals surface area (Å²) >= 11 is 0. The van der Waals surface area contributed by atoms with Crippen molar-refractivity contribution in [3.8, 4) is 33.6 Å². The van der Waals surface area contributed by atoms with E-state index in [1.807, 2.05) is 65.7 Å². The molecule has 0 unspecified atom stereocenters. The second kappa shape index (κ2) is 15.6. The molecule has 0 amide bonds. The van der Waals surface area contributed by atoms with Gasteiger partial charge >= 0.3 is 5.97 Å². The molecule has 3 aromatic heterocycles. The van der Waals surface area contributed by atoms with Crippen molar-refractivity contribution in [1.29, 1.82) is 0 Å². The molecular weight excluding hydrogens is 645 g/mol. The molecule has 3 heterocycles. The Labute approximate surface area is 293 Å². The van der Waals surface area contributed by atoms with Crippen molar-refractivity contribution in [3.63, 3.8) is 0 Å². The van der Waals surface area contributed by atoms with Crippen LogP contribution in [0.2, 0.25) is 51.4 Å². The van der Waals surface area contributed by atoms with E-state index in [2.05, 4.69) is 39.3 Å². The predicted octanol–water partition coefficient (Wildman–Crippen LogP) is 7.14. The van der Waals surface area contributed by atoms with Crippen molar-refractivity contribution in [3.05, 3.63) is 84.7 Å². The van der Waals surface area contributed by atoms with Gasteiger partial charge in [-0.25, -0.2) is 9.78 Å². The van der Waals surface area contributed by atoms with Crippen molar-refractivity contribution in [2.75, 3.05) is 38.7 Å². The van der Waals surface area contributed by atoms with Crippen molar-refractivity contribution in [1.82, 2.24) is 19.6 Å². The largest absolute Gasteiger partial charge is 0.465 e. The number of pyridine rings is 1. The van der Waals surface area contributed by atoms with Gasteiger partial charge in [0.25, 0.3) is 0 Å². The molecule has 12 heteroatoms. The summed E-state index contributed by atoms with van der Waals surface area (Å²) in [6, 6.07) is 23.3. The number of carbonyl (C=O) groups excluding carboxylic acids is 1. The van der Waals surface area contributed by atoms with Crippen LogP contribution < -0.4 is 10.4 Å². The molecular formula is C37H46BN5O4Si2. The summed E-state index contributed by atoms with van der Waals surface area (Å²) in [4.78, 5) is 24.0. The maximum atomic E-state index is 12.2. The van der Waals surface area contributed by atoms with Crippen LogP contribution in [0, 0.1) is 0 Å². The SMILES string of the molecule is [B]c1c(-c2ccc(C(=O)OC)cc2)nc2c(-c3ccc(-c4ccccc4)nc3)cnn2c1N(COCC[Si](C)(C)C)COCC[Si](C)(C)C.